The number of hydrogen-bond donors (Lipinski definition) is 2. The van der Waals surface area contributed by atoms with Crippen molar-refractivity contribution in [2.45, 2.75) is 19.4 Å². The van der Waals surface area contributed by atoms with Gasteiger partial charge in [0, 0.05) is 5.92 Å². The lowest BCUT2D eigenvalue weighted by Crippen LogP contribution is -2.40. The summed E-state index contributed by atoms with van der Waals surface area (Å²) in [6.07, 6.45) is 1.41. The Labute approximate surface area is 60.0 Å². The molecule has 58 valence electrons. The van der Waals surface area contributed by atoms with E-state index in [1.807, 2.05) is 0 Å². The largest absolute Gasteiger partial charge is 0.479 e. The van der Waals surface area contributed by atoms with Gasteiger partial charge in [-0.1, -0.05) is 13.0 Å². The van der Waals surface area contributed by atoms with E-state index in [-0.39, 0.29) is 0 Å². The molecule has 0 radical (unpaired) electrons. The number of hydrogen-bond acceptors (Lipinski definition) is 2. The molecule has 0 heterocycles. The highest BCUT2D eigenvalue weighted by molar-refractivity contribution is 5.77. The molecule has 2 unspecified atom stereocenters. The average Bonchev–Trinajstić information content (AvgIpc) is 1.86. The van der Waals surface area contributed by atoms with Gasteiger partial charge in [0.15, 0.2) is 5.60 Å². The van der Waals surface area contributed by atoms with Gasteiger partial charge >= 0.3 is 5.97 Å². The van der Waals surface area contributed by atoms with E-state index < -0.39 is 17.5 Å². The standard InChI is InChI=1S/C7H12O3/c1-4-5(2)7(3,10)6(8)9/h4-5,10H,1H2,2-3H3,(H,8,9). The van der Waals surface area contributed by atoms with Crippen LogP contribution < -0.4 is 0 Å². The van der Waals surface area contributed by atoms with Gasteiger partial charge in [-0.05, 0) is 6.92 Å². The molecular formula is C7H12O3. The highest BCUT2D eigenvalue weighted by Crippen LogP contribution is 2.17. The number of aliphatic carboxylic acids is 1. The van der Waals surface area contributed by atoms with Crippen LogP contribution in [0.3, 0.4) is 0 Å². The van der Waals surface area contributed by atoms with Crippen LogP contribution in [0.15, 0.2) is 12.7 Å². The van der Waals surface area contributed by atoms with E-state index in [1.54, 1.807) is 6.92 Å². The molecule has 2 N–H and O–H groups in total. The summed E-state index contributed by atoms with van der Waals surface area (Å²) >= 11 is 0. The molecule has 0 aliphatic rings. The van der Waals surface area contributed by atoms with Crippen LogP contribution in [0, 0.1) is 5.92 Å². The third-order valence-electron chi connectivity index (χ3n) is 1.67. The Morgan fingerprint density at radius 1 is 1.80 bits per heavy atom. The average molecular weight is 144 g/mol. The van der Waals surface area contributed by atoms with Crippen molar-refractivity contribution in [2.75, 3.05) is 0 Å². The van der Waals surface area contributed by atoms with Gasteiger partial charge in [-0.15, -0.1) is 6.58 Å². The zero-order valence-corrected chi connectivity index (χ0v) is 6.16. The normalized spacial score (nSPS) is 19.1. The van der Waals surface area contributed by atoms with Gasteiger partial charge in [-0.3, -0.25) is 0 Å². The predicted molar refractivity (Wildman–Crippen MR) is 37.6 cm³/mol. The quantitative estimate of drug-likeness (QED) is 0.571. The molecule has 10 heavy (non-hydrogen) atoms. The molecule has 0 aliphatic carbocycles. The molecule has 0 fully saturated rings. The van der Waals surface area contributed by atoms with Crippen LogP contribution in [-0.4, -0.2) is 21.8 Å². The third kappa shape index (κ3) is 1.57. The summed E-state index contributed by atoms with van der Waals surface area (Å²) in [5.41, 5.74) is -1.69. The minimum Gasteiger partial charge on any atom is -0.479 e. The van der Waals surface area contributed by atoms with Crippen molar-refractivity contribution in [1.29, 1.82) is 0 Å². The van der Waals surface area contributed by atoms with Crippen molar-refractivity contribution >= 4 is 5.97 Å². The Balaban J connectivity index is 4.38. The first-order chi connectivity index (χ1) is 4.42. The van der Waals surface area contributed by atoms with Crippen LogP contribution in [0.5, 0.6) is 0 Å². The molecule has 0 saturated heterocycles. The van der Waals surface area contributed by atoms with E-state index in [1.165, 1.54) is 13.0 Å². The fraction of sp³-hybridized carbons (Fsp3) is 0.571. The first-order valence-electron chi connectivity index (χ1n) is 3.01. The molecule has 0 rings (SSSR count). The predicted octanol–water partition coefficient (Wildman–Crippen LogP) is 0.644. The molecular weight excluding hydrogens is 132 g/mol. The molecule has 0 aromatic carbocycles. The van der Waals surface area contributed by atoms with Crippen LogP contribution >= 0.6 is 0 Å². The van der Waals surface area contributed by atoms with Gasteiger partial charge in [-0.25, -0.2) is 4.79 Å². The van der Waals surface area contributed by atoms with Crippen molar-refractivity contribution in [1.82, 2.24) is 0 Å². The van der Waals surface area contributed by atoms with Gasteiger partial charge in [0.1, 0.15) is 0 Å². The van der Waals surface area contributed by atoms with Crippen LogP contribution in [0.25, 0.3) is 0 Å². The Bertz CT molecular complexity index is 149. The highest BCUT2D eigenvalue weighted by atomic mass is 16.4. The van der Waals surface area contributed by atoms with Crippen molar-refractivity contribution in [3.05, 3.63) is 12.7 Å². The van der Waals surface area contributed by atoms with E-state index in [4.69, 9.17) is 5.11 Å². The van der Waals surface area contributed by atoms with E-state index in [0.717, 1.165) is 0 Å². The van der Waals surface area contributed by atoms with Crippen LogP contribution in [0.4, 0.5) is 0 Å². The second-order valence-corrected chi connectivity index (χ2v) is 2.48. The molecule has 0 saturated carbocycles. The second-order valence-electron chi connectivity index (χ2n) is 2.48. The van der Waals surface area contributed by atoms with Crippen molar-refractivity contribution in [3.63, 3.8) is 0 Å². The summed E-state index contributed by atoms with van der Waals surface area (Å²) in [5, 5.41) is 17.6. The molecule has 0 amide bonds. The number of rotatable bonds is 3. The lowest BCUT2D eigenvalue weighted by Gasteiger charge is -2.22. The Hall–Kier alpha value is -0.830. The first kappa shape index (κ1) is 9.17. The maximum absolute atomic E-state index is 10.3. The van der Waals surface area contributed by atoms with Crippen molar-refractivity contribution in [3.8, 4) is 0 Å². The fourth-order valence-corrected chi connectivity index (χ4v) is 0.424. The zero-order valence-electron chi connectivity index (χ0n) is 6.16. The molecule has 3 heteroatoms. The van der Waals surface area contributed by atoms with E-state index in [0.29, 0.717) is 0 Å². The Morgan fingerprint density at radius 2 is 2.20 bits per heavy atom. The fourth-order valence-electron chi connectivity index (χ4n) is 0.424. The summed E-state index contributed by atoms with van der Waals surface area (Å²) < 4.78 is 0. The molecule has 3 nitrogen and oxygen atoms in total. The molecule has 0 aromatic heterocycles. The lowest BCUT2D eigenvalue weighted by atomic mass is 9.91. The molecule has 0 aliphatic heterocycles. The van der Waals surface area contributed by atoms with E-state index in [2.05, 4.69) is 6.58 Å². The first-order valence-corrected chi connectivity index (χ1v) is 3.01. The number of carbonyl (C=O) groups is 1. The summed E-state index contributed by atoms with van der Waals surface area (Å²) in [6, 6.07) is 0. The van der Waals surface area contributed by atoms with Crippen LogP contribution in [0.2, 0.25) is 0 Å². The van der Waals surface area contributed by atoms with Gasteiger partial charge in [-0.2, -0.15) is 0 Å². The summed E-state index contributed by atoms with van der Waals surface area (Å²) in [7, 11) is 0. The zero-order chi connectivity index (χ0) is 8.36. The summed E-state index contributed by atoms with van der Waals surface area (Å²) in [6.45, 7) is 6.24. The molecule has 0 bridgehead atoms. The number of carboxylic acid groups (broad SMARTS) is 1. The monoisotopic (exact) mass is 144 g/mol. The minimum atomic E-state index is -1.69. The van der Waals surface area contributed by atoms with Crippen LogP contribution in [-0.2, 0) is 4.79 Å². The van der Waals surface area contributed by atoms with E-state index >= 15 is 0 Å². The summed E-state index contributed by atoms with van der Waals surface area (Å²) in [5.74, 6) is -1.66. The maximum Gasteiger partial charge on any atom is 0.335 e. The van der Waals surface area contributed by atoms with Crippen molar-refractivity contribution in [2.24, 2.45) is 5.92 Å². The number of carboxylic acids is 1. The molecule has 0 spiro atoms. The Kier molecular flexibility index (Phi) is 2.60. The summed E-state index contributed by atoms with van der Waals surface area (Å²) in [4.78, 5) is 10.3. The third-order valence-corrected chi connectivity index (χ3v) is 1.67. The minimum absolute atomic E-state index is 0.440. The Morgan fingerprint density at radius 3 is 2.30 bits per heavy atom. The van der Waals surface area contributed by atoms with E-state index in [9.17, 15) is 9.90 Å². The topological polar surface area (TPSA) is 57.5 Å². The molecule has 0 aromatic rings. The van der Waals surface area contributed by atoms with Gasteiger partial charge in [0.25, 0.3) is 0 Å². The SMILES string of the molecule is C=CC(C)C(C)(O)C(=O)O. The second kappa shape index (κ2) is 2.84. The highest BCUT2D eigenvalue weighted by Gasteiger charge is 2.34. The smallest absolute Gasteiger partial charge is 0.335 e. The number of aliphatic hydroxyl groups is 1. The van der Waals surface area contributed by atoms with Gasteiger partial charge in [0.05, 0.1) is 0 Å². The maximum atomic E-state index is 10.3. The lowest BCUT2D eigenvalue weighted by molar-refractivity contribution is -0.159. The molecule has 2 atom stereocenters. The van der Waals surface area contributed by atoms with Gasteiger partial charge in [0.2, 0.25) is 0 Å². The van der Waals surface area contributed by atoms with Gasteiger partial charge < -0.3 is 10.2 Å². The van der Waals surface area contributed by atoms with Crippen molar-refractivity contribution < 1.29 is 15.0 Å². The van der Waals surface area contributed by atoms with Crippen LogP contribution in [0.1, 0.15) is 13.8 Å².